The lowest BCUT2D eigenvalue weighted by molar-refractivity contribution is 0.314. The minimum atomic E-state index is 0. The summed E-state index contributed by atoms with van der Waals surface area (Å²) in [5.74, 6) is 1.69. The summed E-state index contributed by atoms with van der Waals surface area (Å²) >= 11 is 1.80. The molecule has 1 saturated heterocycles. The van der Waals surface area contributed by atoms with Gasteiger partial charge in [0.25, 0.3) is 0 Å². The van der Waals surface area contributed by atoms with Gasteiger partial charge in [-0.15, -0.1) is 35.3 Å². The maximum absolute atomic E-state index is 4.33. The number of likely N-dealkylation sites (tertiary alicyclic amines) is 1. The Morgan fingerprint density at radius 1 is 1.36 bits per heavy atom. The second-order valence-corrected chi connectivity index (χ2v) is 7.21. The van der Waals surface area contributed by atoms with Crippen molar-refractivity contribution in [1.29, 1.82) is 0 Å². The fourth-order valence-electron chi connectivity index (χ4n) is 3.01. The van der Waals surface area contributed by atoms with Crippen molar-refractivity contribution in [3.63, 3.8) is 0 Å². The average Bonchev–Trinajstić information content (AvgIpc) is 3.10. The maximum atomic E-state index is 4.33. The van der Waals surface area contributed by atoms with Crippen LogP contribution in [-0.4, -0.2) is 43.6 Å². The fraction of sp³-hybridized carbons (Fsp3) is 0.688. The summed E-state index contributed by atoms with van der Waals surface area (Å²) in [6, 6.07) is 3.08. The molecular weight excluding hydrogens is 407 g/mol. The number of aryl methyl sites for hydroxylation is 1. The van der Waals surface area contributed by atoms with Crippen molar-refractivity contribution in [2.24, 2.45) is 10.9 Å². The highest BCUT2D eigenvalue weighted by Gasteiger charge is 2.34. The minimum absolute atomic E-state index is 0. The van der Waals surface area contributed by atoms with Gasteiger partial charge in [-0.3, -0.25) is 4.99 Å². The maximum Gasteiger partial charge on any atom is 0.191 e. The van der Waals surface area contributed by atoms with E-state index in [4.69, 9.17) is 0 Å². The van der Waals surface area contributed by atoms with E-state index < -0.39 is 0 Å². The highest BCUT2D eigenvalue weighted by atomic mass is 127. The number of hydrogen-bond donors (Lipinski definition) is 2. The van der Waals surface area contributed by atoms with Crippen LogP contribution < -0.4 is 10.6 Å². The zero-order valence-electron chi connectivity index (χ0n) is 13.5. The Bertz CT molecular complexity index is 498. The number of halogens is 1. The smallest absolute Gasteiger partial charge is 0.191 e. The largest absolute Gasteiger partial charge is 0.356 e. The van der Waals surface area contributed by atoms with Gasteiger partial charge in [0, 0.05) is 31.1 Å². The molecule has 0 bridgehead atoms. The first-order valence-electron chi connectivity index (χ1n) is 7.98. The van der Waals surface area contributed by atoms with Crippen molar-refractivity contribution in [2.75, 3.05) is 26.7 Å². The normalized spacial score (nSPS) is 22.5. The van der Waals surface area contributed by atoms with Gasteiger partial charge in [-0.1, -0.05) is 0 Å². The molecule has 124 valence electrons. The van der Waals surface area contributed by atoms with E-state index in [0.717, 1.165) is 31.0 Å². The van der Waals surface area contributed by atoms with Gasteiger partial charge in [0.1, 0.15) is 0 Å². The van der Waals surface area contributed by atoms with Gasteiger partial charge in [-0.05, 0) is 55.7 Å². The van der Waals surface area contributed by atoms with Crippen molar-refractivity contribution >= 4 is 41.3 Å². The molecule has 2 aliphatic rings. The molecule has 1 aliphatic carbocycles. The highest BCUT2D eigenvalue weighted by Crippen LogP contribution is 2.31. The number of thiophene rings is 1. The van der Waals surface area contributed by atoms with Crippen molar-refractivity contribution in [2.45, 2.75) is 38.8 Å². The van der Waals surface area contributed by atoms with Crippen LogP contribution in [0.25, 0.3) is 0 Å². The summed E-state index contributed by atoms with van der Waals surface area (Å²) in [6.45, 7) is 6.61. The van der Waals surface area contributed by atoms with Crippen molar-refractivity contribution in [3.8, 4) is 0 Å². The third-order valence-corrected chi connectivity index (χ3v) is 5.57. The zero-order chi connectivity index (χ0) is 14.7. The van der Waals surface area contributed by atoms with Crippen LogP contribution >= 0.6 is 35.3 Å². The molecule has 1 saturated carbocycles. The predicted octanol–water partition coefficient (Wildman–Crippen LogP) is 2.82. The molecule has 1 aromatic heterocycles. The van der Waals surface area contributed by atoms with Crippen LogP contribution in [0.4, 0.5) is 0 Å². The van der Waals surface area contributed by atoms with Crippen LogP contribution in [-0.2, 0) is 6.54 Å². The zero-order valence-corrected chi connectivity index (χ0v) is 16.6. The Hall–Kier alpha value is -0.340. The van der Waals surface area contributed by atoms with E-state index in [1.165, 1.54) is 42.8 Å². The molecule has 0 spiro atoms. The summed E-state index contributed by atoms with van der Waals surface area (Å²) in [7, 11) is 1.85. The van der Waals surface area contributed by atoms with E-state index in [1.807, 2.05) is 7.05 Å². The first-order valence-corrected chi connectivity index (χ1v) is 8.85. The molecule has 1 aliphatic heterocycles. The highest BCUT2D eigenvalue weighted by molar-refractivity contribution is 14.0. The lowest BCUT2D eigenvalue weighted by Gasteiger charge is -2.17. The predicted molar refractivity (Wildman–Crippen MR) is 105 cm³/mol. The molecule has 2 heterocycles. The van der Waals surface area contributed by atoms with Crippen LogP contribution in [0.3, 0.4) is 0 Å². The summed E-state index contributed by atoms with van der Waals surface area (Å²) in [6.07, 6.45) is 4.16. The standard InChI is InChI=1S/C16H26N4S.HI/c1-12-6-8-21-15(12)10-19-16(17-2)18-9-13-5-7-20(11-13)14-3-4-14;/h6,8,13-14H,3-5,7,9-11H2,1-2H3,(H2,17,18,19);1H. The fourth-order valence-corrected chi connectivity index (χ4v) is 3.86. The van der Waals surface area contributed by atoms with Crippen LogP contribution in [0.1, 0.15) is 29.7 Å². The van der Waals surface area contributed by atoms with Gasteiger partial charge in [-0.2, -0.15) is 0 Å². The summed E-state index contributed by atoms with van der Waals surface area (Å²) in [4.78, 5) is 8.38. The number of nitrogens with zero attached hydrogens (tertiary/aromatic N) is 2. The summed E-state index contributed by atoms with van der Waals surface area (Å²) < 4.78 is 0. The molecule has 1 unspecified atom stereocenters. The molecule has 4 nitrogen and oxygen atoms in total. The topological polar surface area (TPSA) is 39.7 Å². The molecule has 6 heteroatoms. The third kappa shape index (κ3) is 4.83. The molecule has 2 N–H and O–H groups in total. The number of hydrogen-bond acceptors (Lipinski definition) is 3. The van der Waals surface area contributed by atoms with E-state index in [2.05, 4.69) is 38.9 Å². The average molecular weight is 434 g/mol. The van der Waals surface area contributed by atoms with E-state index in [9.17, 15) is 0 Å². The van der Waals surface area contributed by atoms with Crippen LogP contribution in [0.5, 0.6) is 0 Å². The van der Waals surface area contributed by atoms with E-state index >= 15 is 0 Å². The van der Waals surface area contributed by atoms with Gasteiger partial charge in [0.05, 0.1) is 6.54 Å². The van der Waals surface area contributed by atoms with Gasteiger partial charge >= 0.3 is 0 Å². The Balaban J connectivity index is 0.00000176. The molecule has 1 atom stereocenters. The third-order valence-electron chi connectivity index (χ3n) is 4.55. The molecule has 1 aromatic rings. The Morgan fingerprint density at radius 2 is 2.18 bits per heavy atom. The lowest BCUT2D eigenvalue weighted by Crippen LogP contribution is -2.40. The first kappa shape index (κ1) is 18.0. The minimum Gasteiger partial charge on any atom is -0.356 e. The van der Waals surface area contributed by atoms with E-state index in [-0.39, 0.29) is 24.0 Å². The summed E-state index contributed by atoms with van der Waals surface area (Å²) in [5, 5.41) is 9.05. The number of nitrogens with one attached hydrogen (secondary N) is 2. The van der Waals surface area contributed by atoms with Crippen LogP contribution in [0.15, 0.2) is 16.4 Å². The van der Waals surface area contributed by atoms with E-state index in [1.54, 1.807) is 11.3 Å². The molecule has 22 heavy (non-hydrogen) atoms. The second kappa shape index (κ2) is 8.49. The first-order chi connectivity index (χ1) is 10.3. The molecule has 0 radical (unpaired) electrons. The molecule has 0 aromatic carbocycles. The number of aliphatic imine (C=N–C) groups is 1. The Labute approximate surface area is 154 Å². The molecule has 0 amide bonds. The molecule has 2 fully saturated rings. The van der Waals surface area contributed by atoms with Gasteiger partial charge in [0.15, 0.2) is 5.96 Å². The lowest BCUT2D eigenvalue weighted by atomic mass is 10.1. The van der Waals surface area contributed by atoms with Gasteiger partial charge in [-0.25, -0.2) is 0 Å². The number of guanidine groups is 1. The van der Waals surface area contributed by atoms with E-state index in [0.29, 0.717) is 0 Å². The van der Waals surface area contributed by atoms with Crippen molar-refractivity contribution in [1.82, 2.24) is 15.5 Å². The van der Waals surface area contributed by atoms with Crippen LogP contribution in [0, 0.1) is 12.8 Å². The Morgan fingerprint density at radius 3 is 2.82 bits per heavy atom. The Kier molecular flexibility index (Phi) is 6.95. The SMILES string of the molecule is CN=C(NCc1sccc1C)NCC1CCN(C2CC2)C1.I. The summed E-state index contributed by atoms with van der Waals surface area (Å²) in [5.41, 5.74) is 1.36. The molecular formula is C16H27IN4S. The number of rotatable bonds is 5. The van der Waals surface area contributed by atoms with Gasteiger partial charge < -0.3 is 15.5 Å². The van der Waals surface area contributed by atoms with Crippen molar-refractivity contribution in [3.05, 3.63) is 21.9 Å². The van der Waals surface area contributed by atoms with Gasteiger partial charge in [0.2, 0.25) is 0 Å². The molecule has 3 rings (SSSR count). The van der Waals surface area contributed by atoms with Crippen LogP contribution in [0.2, 0.25) is 0 Å². The van der Waals surface area contributed by atoms with Crippen molar-refractivity contribution < 1.29 is 0 Å². The second-order valence-electron chi connectivity index (χ2n) is 6.21. The monoisotopic (exact) mass is 434 g/mol. The quantitative estimate of drug-likeness (QED) is 0.426.